The molecule has 0 radical (unpaired) electrons. The predicted molar refractivity (Wildman–Crippen MR) is 73.8 cm³/mol. The third-order valence-electron chi connectivity index (χ3n) is 3.23. The molecule has 1 aromatic carbocycles. The number of ether oxygens (including phenoxy) is 1. The molecule has 0 amide bonds. The number of Topliss-reactive ketones (excluding diaryl/α,β-unsaturated/α-hetero) is 1. The summed E-state index contributed by atoms with van der Waals surface area (Å²) in [6.45, 7) is 4.78. The maximum Gasteiger partial charge on any atom is 0.161 e. The zero-order chi connectivity index (χ0) is 13.1. The average molecular weight is 248 g/mol. The summed E-state index contributed by atoms with van der Waals surface area (Å²) in [5, 5.41) is 0. The van der Waals surface area contributed by atoms with Gasteiger partial charge >= 0.3 is 0 Å². The first-order valence-corrected chi connectivity index (χ1v) is 6.24. The van der Waals surface area contributed by atoms with Crippen molar-refractivity contribution in [2.24, 2.45) is 0 Å². The third-order valence-corrected chi connectivity index (χ3v) is 3.23. The molecule has 0 bridgehead atoms. The summed E-state index contributed by atoms with van der Waals surface area (Å²) in [6, 6.07) is 6.06. The van der Waals surface area contributed by atoms with Crippen LogP contribution in [-0.4, -0.2) is 46.2 Å². The highest BCUT2D eigenvalue weighted by Crippen LogP contribution is 2.26. The van der Waals surface area contributed by atoms with Crippen LogP contribution in [0.25, 0.3) is 0 Å². The molecule has 0 spiro atoms. The van der Waals surface area contributed by atoms with Gasteiger partial charge in [-0.3, -0.25) is 4.79 Å². The summed E-state index contributed by atoms with van der Waals surface area (Å²) in [6.07, 6.45) is 0. The fourth-order valence-corrected chi connectivity index (χ4v) is 2.16. The van der Waals surface area contributed by atoms with Crippen molar-refractivity contribution in [3.63, 3.8) is 0 Å². The molecule has 1 fully saturated rings. The Labute approximate surface area is 108 Å². The number of carbonyl (C=O) groups is 1. The lowest BCUT2D eigenvalue weighted by atomic mass is 10.1. The second-order valence-electron chi connectivity index (χ2n) is 4.75. The van der Waals surface area contributed by atoms with Crippen molar-refractivity contribution in [3.8, 4) is 0 Å². The van der Waals surface area contributed by atoms with Gasteiger partial charge in [0.2, 0.25) is 0 Å². The Balaban J connectivity index is 2.36. The maximum atomic E-state index is 11.8. The van der Waals surface area contributed by atoms with E-state index in [1.165, 1.54) is 0 Å². The highest BCUT2D eigenvalue weighted by molar-refractivity contribution is 6.00. The Morgan fingerprint density at radius 3 is 2.50 bits per heavy atom. The first kappa shape index (κ1) is 12.9. The summed E-state index contributed by atoms with van der Waals surface area (Å²) >= 11 is 0. The van der Waals surface area contributed by atoms with Gasteiger partial charge in [0.05, 0.1) is 13.2 Å². The smallest absolute Gasteiger partial charge is 0.161 e. The Kier molecular flexibility index (Phi) is 3.87. The first-order valence-electron chi connectivity index (χ1n) is 6.24. The van der Waals surface area contributed by atoms with Crippen molar-refractivity contribution in [3.05, 3.63) is 23.8 Å². The van der Waals surface area contributed by atoms with E-state index in [-0.39, 0.29) is 5.78 Å². The highest BCUT2D eigenvalue weighted by Gasteiger charge is 2.17. The van der Waals surface area contributed by atoms with Gasteiger partial charge in [-0.1, -0.05) is 0 Å². The number of benzene rings is 1. The molecule has 0 unspecified atom stereocenters. The van der Waals surface area contributed by atoms with Crippen LogP contribution in [0.2, 0.25) is 0 Å². The lowest BCUT2D eigenvalue weighted by molar-refractivity contribution is 0.101. The van der Waals surface area contributed by atoms with Crippen molar-refractivity contribution in [2.45, 2.75) is 6.92 Å². The van der Waals surface area contributed by atoms with E-state index in [4.69, 9.17) is 4.74 Å². The lowest BCUT2D eigenvalue weighted by Crippen LogP contribution is -2.37. The molecular weight excluding hydrogens is 228 g/mol. The first-order chi connectivity index (χ1) is 8.59. The van der Waals surface area contributed by atoms with E-state index in [0.29, 0.717) is 0 Å². The second kappa shape index (κ2) is 5.40. The summed E-state index contributed by atoms with van der Waals surface area (Å²) in [5.41, 5.74) is 2.87. The van der Waals surface area contributed by atoms with Gasteiger partial charge < -0.3 is 14.5 Å². The normalized spacial score (nSPS) is 15.6. The van der Waals surface area contributed by atoms with Crippen molar-refractivity contribution in [1.82, 2.24) is 0 Å². The molecule has 0 aromatic heterocycles. The Bertz CT molecular complexity index is 437. The van der Waals surface area contributed by atoms with Crippen LogP contribution < -0.4 is 9.80 Å². The van der Waals surface area contributed by atoms with Crippen LogP contribution in [0, 0.1) is 0 Å². The minimum Gasteiger partial charge on any atom is -0.378 e. The zero-order valence-corrected chi connectivity index (χ0v) is 11.3. The van der Waals surface area contributed by atoms with Crippen LogP contribution in [0.1, 0.15) is 17.3 Å². The number of hydrogen-bond acceptors (Lipinski definition) is 4. The van der Waals surface area contributed by atoms with E-state index in [9.17, 15) is 4.79 Å². The van der Waals surface area contributed by atoms with Gasteiger partial charge in [0, 0.05) is 44.1 Å². The zero-order valence-electron chi connectivity index (χ0n) is 11.3. The van der Waals surface area contributed by atoms with E-state index in [1.807, 2.05) is 31.1 Å². The molecule has 2 rings (SSSR count). The van der Waals surface area contributed by atoms with Gasteiger partial charge in [-0.15, -0.1) is 0 Å². The summed E-state index contributed by atoms with van der Waals surface area (Å²) in [7, 11) is 3.96. The molecule has 1 aromatic rings. The highest BCUT2D eigenvalue weighted by atomic mass is 16.5. The third kappa shape index (κ3) is 2.64. The van der Waals surface area contributed by atoms with E-state index >= 15 is 0 Å². The van der Waals surface area contributed by atoms with Crippen LogP contribution in [0.15, 0.2) is 18.2 Å². The Morgan fingerprint density at radius 1 is 1.28 bits per heavy atom. The molecule has 1 saturated heterocycles. The monoisotopic (exact) mass is 248 g/mol. The van der Waals surface area contributed by atoms with Crippen molar-refractivity contribution in [1.29, 1.82) is 0 Å². The Hall–Kier alpha value is -1.55. The Morgan fingerprint density at radius 2 is 1.94 bits per heavy atom. The van der Waals surface area contributed by atoms with Gasteiger partial charge in [0.25, 0.3) is 0 Å². The maximum absolute atomic E-state index is 11.8. The molecule has 4 nitrogen and oxygen atoms in total. The molecule has 98 valence electrons. The van der Waals surface area contributed by atoms with Crippen molar-refractivity contribution in [2.75, 3.05) is 50.2 Å². The minimum absolute atomic E-state index is 0.111. The molecule has 0 N–H and O–H groups in total. The van der Waals surface area contributed by atoms with Gasteiger partial charge in [0.15, 0.2) is 5.78 Å². The molecule has 0 saturated carbocycles. The summed E-state index contributed by atoms with van der Waals surface area (Å²) < 4.78 is 5.35. The minimum atomic E-state index is 0.111. The number of ketones is 1. The van der Waals surface area contributed by atoms with Gasteiger partial charge in [-0.25, -0.2) is 0 Å². The molecule has 1 aliphatic rings. The average Bonchev–Trinajstić information content (AvgIpc) is 2.39. The molecule has 1 heterocycles. The van der Waals surface area contributed by atoms with E-state index in [1.54, 1.807) is 6.92 Å². The number of morpholine rings is 1. The van der Waals surface area contributed by atoms with Crippen LogP contribution in [0.3, 0.4) is 0 Å². The fraction of sp³-hybridized carbons (Fsp3) is 0.500. The van der Waals surface area contributed by atoms with Crippen molar-refractivity contribution < 1.29 is 9.53 Å². The number of carbonyl (C=O) groups excluding carboxylic acids is 1. The van der Waals surface area contributed by atoms with Gasteiger partial charge in [-0.05, 0) is 25.1 Å². The quantitative estimate of drug-likeness (QED) is 0.764. The number of hydrogen-bond donors (Lipinski definition) is 0. The number of anilines is 2. The molecule has 0 aliphatic carbocycles. The molecule has 1 aliphatic heterocycles. The molecule has 4 heteroatoms. The van der Waals surface area contributed by atoms with Crippen LogP contribution in [-0.2, 0) is 4.74 Å². The largest absolute Gasteiger partial charge is 0.378 e. The summed E-state index contributed by atoms with van der Waals surface area (Å²) in [4.78, 5) is 16.0. The lowest BCUT2D eigenvalue weighted by Gasteiger charge is -2.30. The SMILES string of the molecule is CC(=O)c1cc(N(C)C)ccc1N1CCOCC1. The van der Waals surface area contributed by atoms with Gasteiger partial charge in [0.1, 0.15) is 0 Å². The van der Waals surface area contributed by atoms with Gasteiger partial charge in [-0.2, -0.15) is 0 Å². The summed E-state index contributed by atoms with van der Waals surface area (Å²) in [5.74, 6) is 0.111. The molecular formula is C14H20N2O2. The topological polar surface area (TPSA) is 32.8 Å². The molecule has 0 atom stereocenters. The van der Waals surface area contributed by atoms with Crippen molar-refractivity contribution >= 4 is 17.2 Å². The fourth-order valence-electron chi connectivity index (χ4n) is 2.16. The van der Waals surface area contributed by atoms with E-state index in [0.717, 1.165) is 43.2 Å². The second-order valence-corrected chi connectivity index (χ2v) is 4.75. The van der Waals surface area contributed by atoms with Crippen LogP contribution in [0.5, 0.6) is 0 Å². The predicted octanol–water partition coefficient (Wildman–Crippen LogP) is 1.79. The van der Waals surface area contributed by atoms with Crippen LogP contribution in [0.4, 0.5) is 11.4 Å². The molecule has 18 heavy (non-hydrogen) atoms. The number of rotatable bonds is 3. The van der Waals surface area contributed by atoms with E-state index < -0.39 is 0 Å². The standard InChI is InChI=1S/C14H20N2O2/c1-11(17)13-10-12(15(2)3)4-5-14(13)16-6-8-18-9-7-16/h4-5,10H,6-9H2,1-3H3. The number of nitrogens with zero attached hydrogens (tertiary/aromatic N) is 2. The van der Waals surface area contributed by atoms with Crippen LogP contribution >= 0.6 is 0 Å². The van der Waals surface area contributed by atoms with E-state index in [2.05, 4.69) is 11.0 Å².